The smallest absolute Gasteiger partial charge is 0.237 e. The molecule has 5 heteroatoms. The van der Waals surface area contributed by atoms with Gasteiger partial charge in [-0.1, -0.05) is 60.7 Å². The molecule has 1 aliphatic heterocycles. The summed E-state index contributed by atoms with van der Waals surface area (Å²) in [6.07, 6.45) is 0.953. The highest BCUT2D eigenvalue weighted by atomic mass is 32.2. The number of thioether (sulfide) groups is 1. The van der Waals surface area contributed by atoms with Crippen LogP contribution in [0.25, 0.3) is 0 Å². The third-order valence-corrected chi connectivity index (χ3v) is 6.33. The molecule has 4 rings (SSSR count). The fraction of sp³-hybridized carbons (Fsp3) is 0.240. The highest BCUT2D eigenvalue weighted by Gasteiger charge is 2.27. The zero-order chi connectivity index (χ0) is 20.6. The van der Waals surface area contributed by atoms with Crippen molar-refractivity contribution in [1.29, 1.82) is 0 Å². The van der Waals surface area contributed by atoms with Crippen LogP contribution in [0, 0.1) is 0 Å². The Bertz CT molecular complexity index is 950. The molecule has 3 aromatic rings. The van der Waals surface area contributed by atoms with Crippen LogP contribution in [0.2, 0.25) is 0 Å². The van der Waals surface area contributed by atoms with Gasteiger partial charge in [0.1, 0.15) is 16.7 Å². The number of carbonyl (C=O) groups excluding carboxylic acids is 1. The SMILES string of the molecule is O=C1N[C@H](CNCc2ccccc2)CCS[C@@H]1c1cccc(Oc2ccccc2)c1. The molecule has 154 valence electrons. The van der Waals surface area contributed by atoms with Gasteiger partial charge < -0.3 is 15.4 Å². The van der Waals surface area contributed by atoms with Crippen LogP contribution >= 0.6 is 11.8 Å². The molecule has 1 fully saturated rings. The lowest BCUT2D eigenvalue weighted by Crippen LogP contribution is -2.42. The summed E-state index contributed by atoms with van der Waals surface area (Å²) in [5.74, 6) is 2.54. The zero-order valence-corrected chi connectivity index (χ0v) is 17.6. The van der Waals surface area contributed by atoms with Crippen molar-refractivity contribution in [1.82, 2.24) is 10.6 Å². The maximum Gasteiger partial charge on any atom is 0.237 e. The molecule has 0 saturated carbocycles. The van der Waals surface area contributed by atoms with E-state index in [4.69, 9.17) is 4.74 Å². The molecule has 3 aromatic carbocycles. The van der Waals surface area contributed by atoms with Crippen molar-refractivity contribution in [2.24, 2.45) is 0 Å². The van der Waals surface area contributed by atoms with Crippen LogP contribution in [0.1, 0.15) is 22.8 Å². The minimum Gasteiger partial charge on any atom is -0.457 e. The van der Waals surface area contributed by atoms with E-state index in [0.717, 1.165) is 42.3 Å². The van der Waals surface area contributed by atoms with E-state index < -0.39 is 0 Å². The molecular weight excluding hydrogens is 392 g/mol. The van der Waals surface area contributed by atoms with E-state index in [-0.39, 0.29) is 17.2 Å². The van der Waals surface area contributed by atoms with Crippen molar-refractivity contribution in [2.45, 2.75) is 24.3 Å². The Hall–Kier alpha value is -2.76. The van der Waals surface area contributed by atoms with Crippen LogP contribution in [0.3, 0.4) is 0 Å². The van der Waals surface area contributed by atoms with Crippen molar-refractivity contribution < 1.29 is 9.53 Å². The van der Waals surface area contributed by atoms with Crippen LogP contribution in [0.15, 0.2) is 84.9 Å². The molecule has 2 N–H and O–H groups in total. The second kappa shape index (κ2) is 10.3. The fourth-order valence-electron chi connectivity index (χ4n) is 3.51. The molecule has 0 aromatic heterocycles. The maximum atomic E-state index is 12.9. The molecule has 1 aliphatic rings. The Labute approximate surface area is 182 Å². The fourth-order valence-corrected chi connectivity index (χ4v) is 4.72. The van der Waals surface area contributed by atoms with Gasteiger partial charge in [0, 0.05) is 19.1 Å². The monoisotopic (exact) mass is 418 g/mol. The van der Waals surface area contributed by atoms with Gasteiger partial charge in [-0.2, -0.15) is 0 Å². The molecule has 1 amide bonds. The first-order chi connectivity index (χ1) is 14.8. The third kappa shape index (κ3) is 5.65. The van der Waals surface area contributed by atoms with Gasteiger partial charge in [0.25, 0.3) is 0 Å². The van der Waals surface area contributed by atoms with Gasteiger partial charge in [0.05, 0.1) is 0 Å². The number of amides is 1. The summed E-state index contributed by atoms with van der Waals surface area (Å²) < 4.78 is 5.94. The highest BCUT2D eigenvalue weighted by molar-refractivity contribution is 8.00. The van der Waals surface area contributed by atoms with Gasteiger partial charge in [-0.3, -0.25) is 4.79 Å². The van der Waals surface area contributed by atoms with Gasteiger partial charge in [-0.25, -0.2) is 0 Å². The van der Waals surface area contributed by atoms with Crippen LogP contribution in [-0.2, 0) is 11.3 Å². The van der Waals surface area contributed by atoms with Gasteiger partial charge >= 0.3 is 0 Å². The van der Waals surface area contributed by atoms with Crippen LogP contribution in [0.4, 0.5) is 0 Å². The van der Waals surface area contributed by atoms with E-state index in [1.54, 1.807) is 11.8 Å². The van der Waals surface area contributed by atoms with Crippen molar-refractivity contribution >= 4 is 17.7 Å². The number of para-hydroxylation sites is 1. The summed E-state index contributed by atoms with van der Waals surface area (Å²) in [5, 5.41) is 6.47. The summed E-state index contributed by atoms with van der Waals surface area (Å²) >= 11 is 1.70. The Kier molecular flexibility index (Phi) is 7.06. The van der Waals surface area contributed by atoms with E-state index in [0.29, 0.717) is 0 Å². The van der Waals surface area contributed by atoms with Crippen LogP contribution in [0.5, 0.6) is 11.5 Å². The standard InChI is InChI=1S/C25H26N2O2S/c28-25-24(20-10-7-13-23(16-20)29-22-11-5-2-6-12-22)30-15-14-21(27-25)18-26-17-19-8-3-1-4-9-19/h1-13,16,21,24,26H,14-15,17-18H2,(H,27,28)/t21-,24+/m0/s1. The van der Waals surface area contributed by atoms with Gasteiger partial charge in [-0.15, -0.1) is 11.8 Å². The molecule has 0 aliphatic carbocycles. The normalized spacial score (nSPS) is 19.0. The average molecular weight is 419 g/mol. The van der Waals surface area contributed by atoms with Gasteiger partial charge in [0.2, 0.25) is 5.91 Å². The van der Waals surface area contributed by atoms with Crippen LogP contribution < -0.4 is 15.4 Å². The molecule has 0 radical (unpaired) electrons. The molecule has 1 heterocycles. The molecule has 0 unspecified atom stereocenters. The summed E-state index contributed by atoms with van der Waals surface area (Å²) in [7, 11) is 0. The quantitative estimate of drug-likeness (QED) is 0.571. The average Bonchev–Trinajstić information content (AvgIpc) is 2.96. The van der Waals surface area contributed by atoms with Gasteiger partial charge in [0.15, 0.2) is 0 Å². The predicted octanol–water partition coefficient (Wildman–Crippen LogP) is 4.93. The van der Waals surface area contributed by atoms with E-state index in [1.807, 2.05) is 72.8 Å². The second-order valence-corrected chi connectivity index (χ2v) is 8.56. The predicted molar refractivity (Wildman–Crippen MR) is 123 cm³/mol. The van der Waals surface area contributed by atoms with E-state index in [9.17, 15) is 4.79 Å². The Balaban J connectivity index is 1.35. The third-order valence-electron chi connectivity index (χ3n) is 5.04. The molecular formula is C25H26N2O2S. The first-order valence-corrected chi connectivity index (χ1v) is 11.3. The van der Waals surface area contributed by atoms with Crippen molar-refractivity contribution in [3.05, 3.63) is 96.1 Å². The number of rotatable bonds is 7. The Morgan fingerprint density at radius 3 is 2.47 bits per heavy atom. The molecule has 2 atom stereocenters. The number of hydrogen-bond acceptors (Lipinski definition) is 4. The number of ether oxygens (including phenoxy) is 1. The summed E-state index contributed by atoms with van der Waals surface area (Å²) in [6.45, 7) is 1.58. The zero-order valence-electron chi connectivity index (χ0n) is 16.8. The molecule has 0 bridgehead atoms. The minimum atomic E-state index is -0.219. The molecule has 0 spiro atoms. The number of hydrogen-bond donors (Lipinski definition) is 2. The van der Waals surface area contributed by atoms with Crippen molar-refractivity contribution in [2.75, 3.05) is 12.3 Å². The van der Waals surface area contributed by atoms with E-state index >= 15 is 0 Å². The van der Waals surface area contributed by atoms with Crippen molar-refractivity contribution in [3.8, 4) is 11.5 Å². The van der Waals surface area contributed by atoms with Gasteiger partial charge in [-0.05, 0) is 47.6 Å². The second-order valence-electron chi connectivity index (χ2n) is 7.35. The molecule has 30 heavy (non-hydrogen) atoms. The topological polar surface area (TPSA) is 50.4 Å². The van der Waals surface area contributed by atoms with Crippen molar-refractivity contribution in [3.63, 3.8) is 0 Å². The van der Waals surface area contributed by atoms with E-state index in [2.05, 4.69) is 22.8 Å². The summed E-state index contributed by atoms with van der Waals surface area (Å²) in [4.78, 5) is 12.9. The summed E-state index contributed by atoms with van der Waals surface area (Å²) in [6, 6.07) is 28.0. The molecule has 4 nitrogen and oxygen atoms in total. The Morgan fingerprint density at radius 1 is 0.933 bits per heavy atom. The highest BCUT2D eigenvalue weighted by Crippen LogP contribution is 2.34. The minimum absolute atomic E-state index is 0.0703. The largest absolute Gasteiger partial charge is 0.457 e. The lowest BCUT2D eigenvalue weighted by Gasteiger charge is -2.18. The Morgan fingerprint density at radius 2 is 1.67 bits per heavy atom. The number of benzene rings is 3. The summed E-state index contributed by atoms with van der Waals surface area (Å²) in [5.41, 5.74) is 2.23. The lowest BCUT2D eigenvalue weighted by molar-refractivity contribution is -0.121. The number of carbonyl (C=O) groups is 1. The lowest BCUT2D eigenvalue weighted by atomic mass is 10.1. The maximum absolute atomic E-state index is 12.9. The first-order valence-electron chi connectivity index (χ1n) is 10.3. The first kappa shape index (κ1) is 20.5. The van der Waals surface area contributed by atoms with E-state index in [1.165, 1.54) is 5.56 Å². The molecule has 1 saturated heterocycles. The van der Waals surface area contributed by atoms with Crippen LogP contribution in [-0.4, -0.2) is 24.2 Å². The number of nitrogens with one attached hydrogen (secondary N) is 2.